The first-order chi connectivity index (χ1) is 11.2. The van der Waals surface area contributed by atoms with Crippen molar-refractivity contribution in [3.8, 4) is 0 Å². The lowest BCUT2D eigenvalue weighted by Crippen LogP contribution is -2.59. The normalized spacial score (nSPS) is 26.4. The number of aryl methyl sites for hydroxylation is 1. The Morgan fingerprint density at radius 1 is 1.43 bits per heavy atom. The minimum Gasteiger partial charge on any atom is -0.375 e. The van der Waals surface area contributed by atoms with E-state index in [-0.39, 0.29) is 18.1 Å². The lowest BCUT2D eigenvalue weighted by atomic mass is 10.1. The van der Waals surface area contributed by atoms with E-state index in [1.807, 2.05) is 11.8 Å². The first kappa shape index (κ1) is 16.8. The van der Waals surface area contributed by atoms with Crippen molar-refractivity contribution in [2.75, 3.05) is 39.3 Å². The zero-order chi connectivity index (χ0) is 16.2. The number of ether oxygens (including phenoxy) is 1. The Morgan fingerprint density at radius 2 is 2.22 bits per heavy atom. The summed E-state index contributed by atoms with van der Waals surface area (Å²) in [5, 5.41) is 6.64. The third-order valence-electron chi connectivity index (χ3n) is 4.55. The third kappa shape index (κ3) is 4.09. The van der Waals surface area contributed by atoms with Crippen LogP contribution in [0.5, 0.6) is 0 Å². The second-order valence-corrected chi connectivity index (χ2v) is 7.14. The Hall–Kier alpha value is -1.02. The van der Waals surface area contributed by atoms with E-state index in [4.69, 9.17) is 4.74 Å². The maximum absolute atomic E-state index is 12.6. The maximum Gasteiger partial charge on any atom is 0.242 e. The molecule has 0 radical (unpaired) electrons. The van der Waals surface area contributed by atoms with Crippen LogP contribution in [0.4, 0.5) is 0 Å². The number of carbonyl (C=O) groups excluding carboxylic acids is 1. The fraction of sp³-hybridized carbons (Fsp3) is 0.750. The van der Waals surface area contributed by atoms with Crippen molar-refractivity contribution < 1.29 is 9.53 Å². The Morgan fingerprint density at radius 3 is 2.87 bits per heavy atom. The summed E-state index contributed by atoms with van der Waals surface area (Å²) in [7, 11) is 0. The van der Waals surface area contributed by atoms with Gasteiger partial charge in [-0.05, 0) is 13.3 Å². The number of piperazine rings is 1. The summed E-state index contributed by atoms with van der Waals surface area (Å²) >= 11 is 1.74. The zero-order valence-corrected chi connectivity index (χ0v) is 14.8. The van der Waals surface area contributed by atoms with Gasteiger partial charge in [-0.3, -0.25) is 9.69 Å². The van der Waals surface area contributed by atoms with Crippen molar-refractivity contribution in [1.82, 2.24) is 20.1 Å². The van der Waals surface area contributed by atoms with Gasteiger partial charge in [0.15, 0.2) is 0 Å². The number of carbonyl (C=O) groups is 1. The van der Waals surface area contributed by atoms with Gasteiger partial charge in [0.1, 0.15) is 6.04 Å². The number of amides is 1. The highest BCUT2D eigenvalue weighted by Gasteiger charge is 2.33. The van der Waals surface area contributed by atoms with E-state index in [0.717, 1.165) is 51.4 Å². The number of aromatic nitrogens is 1. The molecule has 2 fully saturated rings. The van der Waals surface area contributed by atoms with Crippen LogP contribution in [0.3, 0.4) is 0 Å². The number of rotatable bonds is 4. The van der Waals surface area contributed by atoms with Crippen molar-refractivity contribution >= 4 is 17.2 Å². The van der Waals surface area contributed by atoms with Crippen LogP contribution < -0.4 is 5.32 Å². The van der Waals surface area contributed by atoms with Gasteiger partial charge in [0.25, 0.3) is 0 Å². The molecule has 7 heteroatoms. The van der Waals surface area contributed by atoms with Crippen LogP contribution in [0, 0.1) is 0 Å². The number of nitrogens with zero attached hydrogens (tertiary/aromatic N) is 3. The molecule has 0 aliphatic carbocycles. The number of hydrogen-bond acceptors (Lipinski definition) is 6. The molecule has 3 heterocycles. The Kier molecular flexibility index (Phi) is 5.63. The fourth-order valence-corrected chi connectivity index (χ4v) is 3.88. The smallest absolute Gasteiger partial charge is 0.242 e. The van der Waals surface area contributed by atoms with E-state index in [1.54, 1.807) is 11.3 Å². The molecule has 2 aliphatic rings. The molecule has 2 atom stereocenters. The van der Waals surface area contributed by atoms with Gasteiger partial charge in [-0.15, -0.1) is 11.3 Å². The molecule has 0 saturated carbocycles. The summed E-state index contributed by atoms with van der Waals surface area (Å²) in [6.07, 6.45) is 0.957. The molecule has 1 N–H and O–H groups in total. The van der Waals surface area contributed by atoms with Crippen LogP contribution >= 0.6 is 11.3 Å². The van der Waals surface area contributed by atoms with Crippen molar-refractivity contribution in [2.45, 2.75) is 39.0 Å². The van der Waals surface area contributed by atoms with Gasteiger partial charge in [-0.25, -0.2) is 4.98 Å². The number of nitrogens with one attached hydrogen (secondary N) is 1. The van der Waals surface area contributed by atoms with E-state index in [2.05, 4.69) is 27.5 Å². The Bertz CT molecular complexity index is 528. The molecule has 1 amide bonds. The molecule has 0 spiro atoms. The minimum absolute atomic E-state index is 0.0447. The quantitative estimate of drug-likeness (QED) is 0.877. The highest BCUT2D eigenvalue weighted by atomic mass is 32.1. The molecular formula is C16H26N4O2S. The standard InChI is InChI=1S/C16H26N4O2S/c1-3-14-18-13(11-23-14)10-19-5-7-20(8-6-19)16(21)15-12(2)22-9-4-17-15/h11-12,15,17H,3-10H2,1-2H3/t12-,15+/m1/s1. The van der Waals surface area contributed by atoms with Gasteiger partial charge in [-0.2, -0.15) is 0 Å². The highest BCUT2D eigenvalue weighted by Crippen LogP contribution is 2.15. The highest BCUT2D eigenvalue weighted by molar-refractivity contribution is 7.09. The van der Waals surface area contributed by atoms with Crippen molar-refractivity contribution in [3.63, 3.8) is 0 Å². The van der Waals surface area contributed by atoms with E-state index in [0.29, 0.717) is 6.61 Å². The maximum atomic E-state index is 12.6. The van der Waals surface area contributed by atoms with Crippen LogP contribution in [-0.4, -0.2) is 72.2 Å². The van der Waals surface area contributed by atoms with Gasteiger partial charge in [-0.1, -0.05) is 6.92 Å². The molecular weight excluding hydrogens is 312 g/mol. The van der Waals surface area contributed by atoms with Gasteiger partial charge in [0, 0.05) is 44.6 Å². The predicted octanol–water partition coefficient (Wildman–Crippen LogP) is 0.727. The number of hydrogen-bond donors (Lipinski definition) is 1. The topological polar surface area (TPSA) is 57.7 Å². The van der Waals surface area contributed by atoms with E-state index < -0.39 is 0 Å². The molecule has 23 heavy (non-hydrogen) atoms. The lowest BCUT2D eigenvalue weighted by Gasteiger charge is -2.38. The van der Waals surface area contributed by atoms with Crippen LogP contribution in [-0.2, 0) is 22.5 Å². The average molecular weight is 338 g/mol. The van der Waals surface area contributed by atoms with Crippen molar-refractivity contribution in [3.05, 3.63) is 16.1 Å². The van der Waals surface area contributed by atoms with Gasteiger partial charge in [0.05, 0.1) is 23.4 Å². The third-order valence-corrected chi connectivity index (χ3v) is 5.60. The molecule has 128 valence electrons. The predicted molar refractivity (Wildman–Crippen MR) is 90.6 cm³/mol. The number of morpholine rings is 1. The van der Waals surface area contributed by atoms with E-state index in [1.165, 1.54) is 5.01 Å². The molecule has 2 saturated heterocycles. The first-order valence-electron chi connectivity index (χ1n) is 8.46. The van der Waals surface area contributed by atoms with Crippen LogP contribution in [0.25, 0.3) is 0 Å². The van der Waals surface area contributed by atoms with E-state index >= 15 is 0 Å². The molecule has 6 nitrogen and oxygen atoms in total. The molecule has 3 rings (SSSR count). The molecule has 0 aromatic carbocycles. The second-order valence-electron chi connectivity index (χ2n) is 6.20. The van der Waals surface area contributed by atoms with Gasteiger partial charge >= 0.3 is 0 Å². The van der Waals surface area contributed by atoms with Crippen molar-refractivity contribution in [2.24, 2.45) is 0 Å². The molecule has 0 bridgehead atoms. The summed E-state index contributed by atoms with van der Waals surface area (Å²) in [6.45, 7) is 9.83. The van der Waals surface area contributed by atoms with Crippen molar-refractivity contribution in [1.29, 1.82) is 0 Å². The largest absolute Gasteiger partial charge is 0.375 e. The number of thiazole rings is 1. The molecule has 1 aromatic rings. The first-order valence-corrected chi connectivity index (χ1v) is 9.34. The summed E-state index contributed by atoms with van der Waals surface area (Å²) < 4.78 is 5.59. The molecule has 0 unspecified atom stereocenters. The lowest BCUT2D eigenvalue weighted by molar-refractivity contribution is -0.141. The Labute approximate surface area is 141 Å². The van der Waals surface area contributed by atoms with Gasteiger partial charge < -0.3 is 15.0 Å². The van der Waals surface area contributed by atoms with Crippen LogP contribution in [0.15, 0.2) is 5.38 Å². The Balaban J connectivity index is 1.48. The minimum atomic E-state index is -0.194. The van der Waals surface area contributed by atoms with Crippen LogP contribution in [0.1, 0.15) is 24.5 Å². The van der Waals surface area contributed by atoms with Crippen LogP contribution in [0.2, 0.25) is 0 Å². The van der Waals surface area contributed by atoms with E-state index in [9.17, 15) is 4.79 Å². The summed E-state index contributed by atoms with van der Waals surface area (Å²) in [5.41, 5.74) is 1.16. The average Bonchev–Trinajstić information content (AvgIpc) is 3.03. The second kappa shape index (κ2) is 7.70. The monoisotopic (exact) mass is 338 g/mol. The van der Waals surface area contributed by atoms with Gasteiger partial charge in [0.2, 0.25) is 5.91 Å². The zero-order valence-electron chi connectivity index (χ0n) is 14.0. The SMILES string of the molecule is CCc1nc(CN2CCN(C(=O)[C@H]3NCCO[C@@H]3C)CC2)cs1. The fourth-order valence-electron chi connectivity index (χ4n) is 3.15. The summed E-state index contributed by atoms with van der Waals surface area (Å²) in [4.78, 5) is 21.6. The summed E-state index contributed by atoms with van der Waals surface area (Å²) in [5.74, 6) is 0.179. The summed E-state index contributed by atoms with van der Waals surface area (Å²) in [6, 6.07) is -0.194. The molecule has 1 aromatic heterocycles. The molecule has 2 aliphatic heterocycles.